The standard InChI is InChI=1S/C24H22N6O4/c31-22(28-19-13-26-7-6-20(19)29-10-8-25-9-11-29)18-2-1-3-21(27-18)30-14-16-5-4-15(24(33)34)12-17(16)23(30)32/h1-7,12-14,25,32H,8-11H2,(H,28,31)(H,33,34). The molecular weight excluding hydrogens is 436 g/mol. The van der Waals surface area contributed by atoms with Gasteiger partial charge in [0, 0.05) is 49.3 Å². The highest BCUT2D eigenvalue weighted by Crippen LogP contribution is 2.31. The maximum atomic E-state index is 13.0. The molecule has 10 nitrogen and oxygen atoms in total. The Bertz CT molecular complexity index is 1390. The number of pyridine rings is 2. The molecule has 172 valence electrons. The molecule has 0 spiro atoms. The second kappa shape index (κ2) is 8.83. The van der Waals surface area contributed by atoms with Gasteiger partial charge in [0.05, 0.1) is 23.1 Å². The molecule has 5 rings (SSSR count). The normalized spacial score (nSPS) is 13.7. The number of carboxylic acid groups (broad SMARTS) is 1. The van der Waals surface area contributed by atoms with Crippen LogP contribution in [0.1, 0.15) is 20.8 Å². The topological polar surface area (TPSA) is 133 Å². The van der Waals surface area contributed by atoms with E-state index in [1.807, 2.05) is 6.07 Å². The lowest BCUT2D eigenvalue weighted by molar-refractivity contribution is 0.0697. The van der Waals surface area contributed by atoms with E-state index >= 15 is 0 Å². The number of aromatic nitrogens is 3. The molecule has 4 N–H and O–H groups in total. The molecule has 0 atom stereocenters. The highest BCUT2D eigenvalue weighted by atomic mass is 16.4. The number of carbonyl (C=O) groups excluding carboxylic acids is 1. The fraction of sp³-hybridized carbons (Fsp3) is 0.167. The summed E-state index contributed by atoms with van der Waals surface area (Å²) in [6.45, 7) is 3.37. The zero-order valence-electron chi connectivity index (χ0n) is 18.1. The van der Waals surface area contributed by atoms with Crippen LogP contribution < -0.4 is 15.5 Å². The maximum absolute atomic E-state index is 13.0. The summed E-state index contributed by atoms with van der Waals surface area (Å²) in [6.07, 6.45) is 4.95. The van der Waals surface area contributed by atoms with Gasteiger partial charge in [-0.05, 0) is 30.3 Å². The van der Waals surface area contributed by atoms with Crippen LogP contribution in [0.15, 0.2) is 61.1 Å². The van der Waals surface area contributed by atoms with Gasteiger partial charge in [-0.15, -0.1) is 0 Å². The largest absolute Gasteiger partial charge is 0.494 e. The number of anilines is 2. The number of hydrogen-bond acceptors (Lipinski definition) is 7. The van der Waals surface area contributed by atoms with Gasteiger partial charge in [-0.25, -0.2) is 9.78 Å². The lowest BCUT2D eigenvalue weighted by atomic mass is 10.1. The van der Waals surface area contributed by atoms with Crippen LogP contribution in [-0.2, 0) is 0 Å². The Morgan fingerprint density at radius 2 is 1.91 bits per heavy atom. The highest BCUT2D eigenvalue weighted by Gasteiger charge is 2.18. The van der Waals surface area contributed by atoms with Gasteiger partial charge in [-0.1, -0.05) is 12.1 Å². The number of aromatic hydroxyl groups is 1. The summed E-state index contributed by atoms with van der Waals surface area (Å²) in [5, 5.41) is 27.2. The molecule has 0 bridgehead atoms. The van der Waals surface area contributed by atoms with Crippen molar-refractivity contribution in [1.29, 1.82) is 0 Å². The molecular formula is C24H22N6O4. The van der Waals surface area contributed by atoms with E-state index in [0.29, 0.717) is 22.3 Å². The molecule has 0 saturated carbocycles. The van der Waals surface area contributed by atoms with Crippen LogP contribution in [-0.4, -0.2) is 62.8 Å². The van der Waals surface area contributed by atoms with E-state index in [2.05, 4.69) is 25.5 Å². The Labute approximate surface area is 194 Å². The first-order valence-corrected chi connectivity index (χ1v) is 10.8. The summed E-state index contributed by atoms with van der Waals surface area (Å²) in [5.74, 6) is -1.32. The summed E-state index contributed by atoms with van der Waals surface area (Å²) in [5.41, 5.74) is 1.72. The van der Waals surface area contributed by atoms with Gasteiger partial charge < -0.3 is 25.7 Å². The number of hydrogen-bond donors (Lipinski definition) is 4. The zero-order valence-corrected chi connectivity index (χ0v) is 18.1. The van der Waals surface area contributed by atoms with E-state index in [4.69, 9.17) is 0 Å². The number of rotatable bonds is 5. The monoisotopic (exact) mass is 458 g/mol. The van der Waals surface area contributed by atoms with Crippen molar-refractivity contribution in [2.24, 2.45) is 0 Å². The number of nitrogens with zero attached hydrogens (tertiary/aromatic N) is 4. The fourth-order valence-corrected chi connectivity index (χ4v) is 4.04. The minimum Gasteiger partial charge on any atom is -0.494 e. The van der Waals surface area contributed by atoms with Crippen molar-refractivity contribution in [1.82, 2.24) is 19.9 Å². The average molecular weight is 458 g/mol. The number of carbonyl (C=O) groups is 2. The first-order chi connectivity index (χ1) is 16.5. The van der Waals surface area contributed by atoms with E-state index in [1.54, 1.807) is 42.9 Å². The minimum absolute atomic E-state index is 0.0680. The van der Waals surface area contributed by atoms with Gasteiger partial charge in [0.2, 0.25) is 5.88 Å². The summed E-state index contributed by atoms with van der Waals surface area (Å²) >= 11 is 0. The summed E-state index contributed by atoms with van der Waals surface area (Å²) in [4.78, 5) is 35.1. The Balaban J connectivity index is 1.44. The van der Waals surface area contributed by atoms with E-state index in [0.717, 1.165) is 31.9 Å². The molecule has 1 aliphatic heterocycles. The molecule has 0 radical (unpaired) electrons. The van der Waals surface area contributed by atoms with Crippen molar-refractivity contribution in [2.45, 2.75) is 0 Å². The molecule has 0 aliphatic carbocycles. The Hall–Kier alpha value is -4.44. The summed E-state index contributed by atoms with van der Waals surface area (Å²) in [6, 6.07) is 11.3. The predicted molar refractivity (Wildman–Crippen MR) is 127 cm³/mol. The Morgan fingerprint density at radius 3 is 2.71 bits per heavy atom. The Morgan fingerprint density at radius 1 is 1.09 bits per heavy atom. The van der Waals surface area contributed by atoms with Crippen LogP contribution in [0.25, 0.3) is 16.6 Å². The van der Waals surface area contributed by atoms with Crippen LogP contribution in [0.3, 0.4) is 0 Å². The molecule has 1 saturated heterocycles. The first kappa shape index (κ1) is 21.4. The summed E-state index contributed by atoms with van der Waals surface area (Å²) in [7, 11) is 0. The molecule has 1 aromatic carbocycles. The predicted octanol–water partition coefficient (Wildman–Crippen LogP) is 2.49. The number of piperazine rings is 1. The molecule has 3 aromatic heterocycles. The van der Waals surface area contributed by atoms with Crippen LogP contribution in [0.2, 0.25) is 0 Å². The number of nitrogens with one attached hydrogen (secondary N) is 2. The number of carboxylic acids is 1. The van der Waals surface area contributed by atoms with Crippen LogP contribution >= 0.6 is 0 Å². The zero-order chi connectivity index (χ0) is 23.7. The third-order valence-corrected chi connectivity index (χ3v) is 5.76. The van der Waals surface area contributed by atoms with Gasteiger partial charge in [-0.2, -0.15) is 0 Å². The average Bonchev–Trinajstić information content (AvgIpc) is 3.20. The van der Waals surface area contributed by atoms with Crippen molar-refractivity contribution in [3.05, 3.63) is 72.3 Å². The van der Waals surface area contributed by atoms with E-state index in [-0.39, 0.29) is 17.1 Å². The van der Waals surface area contributed by atoms with Gasteiger partial charge in [0.15, 0.2) is 0 Å². The second-order valence-corrected chi connectivity index (χ2v) is 7.89. The number of aromatic carboxylic acids is 1. The van der Waals surface area contributed by atoms with Gasteiger partial charge in [-0.3, -0.25) is 14.3 Å². The van der Waals surface area contributed by atoms with Crippen molar-refractivity contribution in [3.63, 3.8) is 0 Å². The quantitative estimate of drug-likeness (QED) is 0.359. The molecule has 4 heterocycles. The minimum atomic E-state index is -1.08. The van der Waals surface area contributed by atoms with Gasteiger partial charge >= 0.3 is 5.97 Å². The molecule has 1 amide bonds. The Kier molecular flexibility index (Phi) is 5.56. The van der Waals surface area contributed by atoms with Crippen LogP contribution in [0.4, 0.5) is 11.4 Å². The van der Waals surface area contributed by atoms with Crippen molar-refractivity contribution >= 4 is 34.0 Å². The van der Waals surface area contributed by atoms with Gasteiger partial charge in [0.1, 0.15) is 11.5 Å². The molecule has 1 fully saturated rings. The number of amides is 1. The lowest BCUT2D eigenvalue weighted by Crippen LogP contribution is -2.43. The van der Waals surface area contributed by atoms with E-state index in [9.17, 15) is 19.8 Å². The molecule has 4 aromatic rings. The second-order valence-electron chi connectivity index (χ2n) is 7.89. The van der Waals surface area contributed by atoms with Crippen molar-refractivity contribution < 1.29 is 19.8 Å². The van der Waals surface area contributed by atoms with E-state index in [1.165, 1.54) is 16.7 Å². The molecule has 10 heteroatoms. The van der Waals surface area contributed by atoms with Crippen LogP contribution in [0, 0.1) is 0 Å². The van der Waals surface area contributed by atoms with E-state index < -0.39 is 11.9 Å². The van der Waals surface area contributed by atoms with Crippen LogP contribution in [0.5, 0.6) is 5.88 Å². The number of benzene rings is 1. The molecule has 1 aliphatic rings. The third kappa shape index (κ3) is 4.02. The maximum Gasteiger partial charge on any atom is 0.335 e. The summed E-state index contributed by atoms with van der Waals surface area (Å²) < 4.78 is 1.42. The SMILES string of the molecule is O=C(O)c1ccc2cn(-c3cccc(C(=O)Nc4cnccc4N4CCNCC4)n3)c(O)c2c1. The van der Waals surface area contributed by atoms with Crippen molar-refractivity contribution in [2.75, 3.05) is 36.4 Å². The highest BCUT2D eigenvalue weighted by molar-refractivity contribution is 6.04. The molecule has 0 unspecified atom stereocenters. The molecule has 34 heavy (non-hydrogen) atoms. The lowest BCUT2D eigenvalue weighted by Gasteiger charge is -2.30. The smallest absolute Gasteiger partial charge is 0.335 e. The number of fused-ring (bicyclic) bond motifs is 1. The third-order valence-electron chi connectivity index (χ3n) is 5.76. The first-order valence-electron chi connectivity index (χ1n) is 10.8. The van der Waals surface area contributed by atoms with Gasteiger partial charge in [0.25, 0.3) is 5.91 Å². The fourth-order valence-electron chi connectivity index (χ4n) is 4.04. The van der Waals surface area contributed by atoms with Crippen molar-refractivity contribution in [3.8, 4) is 11.7 Å².